The zero-order valence-corrected chi connectivity index (χ0v) is 7.36. The van der Waals surface area contributed by atoms with Crippen LogP contribution in [0.25, 0.3) is 0 Å². The molecule has 1 aromatic rings. The number of nitrogens with zero attached hydrogens (tertiary/aromatic N) is 1. The van der Waals surface area contributed by atoms with Gasteiger partial charge in [0.05, 0.1) is 11.7 Å². The summed E-state index contributed by atoms with van der Waals surface area (Å²) < 4.78 is 0. The molecule has 2 heterocycles. The molecule has 0 spiro atoms. The van der Waals surface area contributed by atoms with Crippen LogP contribution in [0.5, 0.6) is 0 Å². The molecule has 1 amide bonds. The average molecular weight is 176 g/mol. The van der Waals surface area contributed by atoms with Crippen molar-refractivity contribution in [3.05, 3.63) is 30.1 Å². The number of piperidine rings is 1. The Hall–Kier alpha value is -1.38. The molecule has 0 aromatic carbocycles. The van der Waals surface area contributed by atoms with Crippen molar-refractivity contribution in [3.8, 4) is 0 Å². The molecule has 0 saturated carbocycles. The Morgan fingerprint density at radius 3 is 3.08 bits per heavy atom. The summed E-state index contributed by atoms with van der Waals surface area (Å²) in [6.07, 6.45) is 4.38. The van der Waals surface area contributed by atoms with E-state index in [1.807, 2.05) is 18.2 Å². The zero-order valence-electron chi connectivity index (χ0n) is 7.36. The molecule has 3 nitrogen and oxygen atoms in total. The van der Waals surface area contributed by atoms with E-state index in [4.69, 9.17) is 0 Å². The van der Waals surface area contributed by atoms with Gasteiger partial charge in [0.15, 0.2) is 0 Å². The summed E-state index contributed by atoms with van der Waals surface area (Å²) in [5.41, 5.74) is 0.968. The molecule has 1 fully saturated rings. The number of carbonyl (C=O) groups excluding carboxylic acids is 1. The smallest absolute Gasteiger partial charge is 0.220 e. The monoisotopic (exact) mass is 176 g/mol. The quantitative estimate of drug-likeness (QED) is 0.703. The van der Waals surface area contributed by atoms with Gasteiger partial charge in [0, 0.05) is 12.6 Å². The molecule has 3 heteroatoms. The van der Waals surface area contributed by atoms with Crippen molar-refractivity contribution in [2.24, 2.45) is 0 Å². The topological polar surface area (TPSA) is 42.0 Å². The van der Waals surface area contributed by atoms with E-state index in [-0.39, 0.29) is 11.9 Å². The molecule has 0 radical (unpaired) electrons. The third-order valence-corrected chi connectivity index (χ3v) is 2.28. The minimum absolute atomic E-state index is 0.127. The lowest BCUT2D eigenvalue weighted by Crippen LogP contribution is -2.32. The maximum absolute atomic E-state index is 11.1. The van der Waals surface area contributed by atoms with E-state index in [9.17, 15) is 4.79 Å². The van der Waals surface area contributed by atoms with Crippen molar-refractivity contribution in [2.75, 3.05) is 0 Å². The Kier molecular flexibility index (Phi) is 2.25. The van der Waals surface area contributed by atoms with Gasteiger partial charge in [-0.1, -0.05) is 6.07 Å². The van der Waals surface area contributed by atoms with Crippen molar-refractivity contribution < 1.29 is 4.79 Å². The van der Waals surface area contributed by atoms with E-state index in [0.717, 1.165) is 18.5 Å². The van der Waals surface area contributed by atoms with Crippen molar-refractivity contribution in [3.63, 3.8) is 0 Å². The van der Waals surface area contributed by atoms with Crippen LogP contribution in [0.3, 0.4) is 0 Å². The van der Waals surface area contributed by atoms with Gasteiger partial charge in [-0.25, -0.2) is 0 Å². The predicted octanol–water partition coefficient (Wildman–Crippen LogP) is 1.42. The van der Waals surface area contributed by atoms with Crippen LogP contribution in [0.15, 0.2) is 24.4 Å². The lowest BCUT2D eigenvalue weighted by atomic mass is 10.0. The van der Waals surface area contributed by atoms with Gasteiger partial charge < -0.3 is 5.32 Å². The number of aromatic nitrogens is 1. The molecule has 1 N–H and O–H groups in total. The van der Waals surface area contributed by atoms with E-state index in [1.54, 1.807) is 6.20 Å². The highest BCUT2D eigenvalue weighted by Crippen LogP contribution is 2.20. The third kappa shape index (κ3) is 1.86. The van der Waals surface area contributed by atoms with Gasteiger partial charge in [0.1, 0.15) is 0 Å². The molecule has 0 aliphatic carbocycles. The lowest BCUT2D eigenvalue weighted by molar-refractivity contribution is -0.123. The van der Waals surface area contributed by atoms with Crippen LogP contribution in [0.2, 0.25) is 0 Å². The average Bonchev–Trinajstić information content (AvgIpc) is 2.19. The fourth-order valence-corrected chi connectivity index (χ4v) is 1.61. The molecule has 2 rings (SSSR count). The first-order chi connectivity index (χ1) is 6.36. The second-order valence-electron chi connectivity index (χ2n) is 3.27. The number of amides is 1. The molecule has 1 aliphatic rings. The van der Waals surface area contributed by atoms with E-state index >= 15 is 0 Å². The van der Waals surface area contributed by atoms with Crippen LogP contribution in [0, 0.1) is 0 Å². The van der Waals surface area contributed by atoms with E-state index < -0.39 is 0 Å². The molecule has 68 valence electrons. The van der Waals surface area contributed by atoms with Gasteiger partial charge >= 0.3 is 0 Å². The SMILES string of the molecule is O=C1CCCC(c2ccccn2)N1. The number of nitrogens with one attached hydrogen (secondary N) is 1. The first kappa shape index (κ1) is 8.23. The highest BCUT2D eigenvalue weighted by atomic mass is 16.1. The van der Waals surface area contributed by atoms with Crippen LogP contribution >= 0.6 is 0 Å². The van der Waals surface area contributed by atoms with Crippen LogP contribution in [0.1, 0.15) is 31.0 Å². The number of carbonyl (C=O) groups is 1. The summed E-state index contributed by atoms with van der Waals surface area (Å²) in [6.45, 7) is 0. The first-order valence-electron chi connectivity index (χ1n) is 4.56. The second-order valence-corrected chi connectivity index (χ2v) is 3.27. The van der Waals surface area contributed by atoms with Gasteiger partial charge in [-0.05, 0) is 25.0 Å². The first-order valence-corrected chi connectivity index (χ1v) is 4.56. The molecule has 0 bridgehead atoms. The molecule has 1 unspecified atom stereocenters. The van der Waals surface area contributed by atoms with E-state index in [1.165, 1.54) is 0 Å². The summed E-state index contributed by atoms with van der Waals surface area (Å²) in [5, 5.41) is 2.93. The summed E-state index contributed by atoms with van der Waals surface area (Å²) in [4.78, 5) is 15.3. The third-order valence-electron chi connectivity index (χ3n) is 2.28. The summed E-state index contributed by atoms with van der Waals surface area (Å²) >= 11 is 0. The summed E-state index contributed by atoms with van der Waals surface area (Å²) in [7, 11) is 0. The number of hydrogen-bond donors (Lipinski definition) is 1. The molecule has 1 aliphatic heterocycles. The van der Waals surface area contributed by atoms with Crippen LogP contribution in [-0.4, -0.2) is 10.9 Å². The highest BCUT2D eigenvalue weighted by Gasteiger charge is 2.19. The maximum atomic E-state index is 11.1. The van der Waals surface area contributed by atoms with Crippen LogP contribution in [-0.2, 0) is 4.79 Å². The Balaban J connectivity index is 2.13. The largest absolute Gasteiger partial charge is 0.348 e. The zero-order chi connectivity index (χ0) is 9.10. The van der Waals surface area contributed by atoms with Gasteiger partial charge in [-0.15, -0.1) is 0 Å². The fraction of sp³-hybridized carbons (Fsp3) is 0.400. The van der Waals surface area contributed by atoms with Crippen molar-refractivity contribution in [2.45, 2.75) is 25.3 Å². The van der Waals surface area contributed by atoms with E-state index in [2.05, 4.69) is 10.3 Å². The summed E-state index contributed by atoms with van der Waals surface area (Å²) in [6, 6.07) is 5.91. The number of rotatable bonds is 1. The van der Waals surface area contributed by atoms with Crippen molar-refractivity contribution >= 4 is 5.91 Å². The minimum atomic E-state index is 0.127. The van der Waals surface area contributed by atoms with Gasteiger partial charge in [0.2, 0.25) is 5.91 Å². The molecule has 1 aromatic heterocycles. The van der Waals surface area contributed by atoms with Gasteiger partial charge in [-0.3, -0.25) is 9.78 Å². The van der Waals surface area contributed by atoms with Crippen LogP contribution in [0.4, 0.5) is 0 Å². The molecule has 1 saturated heterocycles. The standard InChI is InChI=1S/C10H12N2O/c13-10-6-3-5-9(12-10)8-4-1-2-7-11-8/h1-2,4,7,9H,3,5-6H2,(H,12,13). The lowest BCUT2D eigenvalue weighted by Gasteiger charge is -2.22. The summed E-state index contributed by atoms with van der Waals surface area (Å²) in [5.74, 6) is 0.141. The Bertz CT molecular complexity index is 297. The van der Waals surface area contributed by atoms with Crippen LogP contribution < -0.4 is 5.32 Å². The fourth-order valence-electron chi connectivity index (χ4n) is 1.61. The molecular weight excluding hydrogens is 164 g/mol. The van der Waals surface area contributed by atoms with Gasteiger partial charge in [0.25, 0.3) is 0 Å². The predicted molar refractivity (Wildman–Crippen MR) is 49.0 cm³/mol. The van der Waals surface area contributed by atoms with Gasteiger partial charge in [-0.2, -0.15) is 0 Å². The number of hydrogen-bond acceptors (Lipinski definition) is 2. The second kappa shape index (κ2) is 3.56. The van der Waals surface area contributed by atoms with E-state index in [0.29, 0.717) is 6.42 Å². The molecular formula is C10H12N2O. The number of pyridine rings is 1. The Morgan fingerprint density at radius 1 is 1.46 bits per heavy atom. The van der Waals surface area contributed by atoms with Crippen molar-refractivity contribution in [1.82, 2.24) is 10.3 Å². The Labute approximate surface area is 77.2 Å². The molecule has 1 atom stereocenters. The maximum Gasteiger partial charge on any atom is 0.220 e. The minimum Gasteiger partial charge on any atom is -0.348 e. The Morgan fingerprint density at radius 2 is 2.38 bits per heavy atom. The highest BCUT2D eigenvalue weighted by molar-refractivity contribution is 5.77. The van der Waals surface area contributed by atoms with Crippen molar-refractivity contribution in [1.29, 1.82) is 0 Å². The normalized spacial score (nSPS) is 22.5. The molecule has 13 heavy (non-hydrogen) atoms.